The Morgan fingerprint density at radius 3 is 2.37 bits per heavy atom. The molecular formula is C21H22F2N2O5. The topological polar surface area (TPSA) is 93.7 Å². The van der Waals surface area contributed by atoms with Gasteiger partial charge in [0.05, 0.1) is 11.3 Å². The summed E-state index contributed by atoms with van der Waals surface area (Å²) in [5, 5.41) is 5.04. The molecule has 0 unspecified atom stereocenters. The van der Waals surface area contributed by atoms with Crippen LogP contribution in [0.4, 0.5) is 20.2 Å². The van der Waals surface area contributed by atoms with E-state index in [-0.39, 0.29) is 22.9 Å². The molecule has 30 heavy (non-hydrogen) atoms. The Labute approximate surface area is 172 Å². The van der Waals surface area contributed by atoms with Crippen LogP contribution in [0.1, 0.15) is 31.1 Å². The molecule has 0 aliphatic rings. The van der Waals surface area contributed by atoms with Crippen molar-refractivity contribution in [3.63, 3.8) is 0 Å². The van der Waals surface area contributed by atoms with E-state index in [0.717, 1.165) is 0 Å². The number of hydrogen-bond acceptors (Lipinski definition) is 5. The van der Waals surface area contributed by atoms with Crippen molar-refractivity contribution in [3.8, 4) is 5.75 Å². The Balaban J connectivity index is 1.95. The van der Waals surface area contributed by atoms with Crippen molar-refractivity contribution in [1.82, 2.24) is 0 Å². The minimum Gasteiger partial charge on any atom is -0.452 e. The molecule has 9 heteroatoms. The molecule has 0 spiro atoms. The molecule has 2 N–H and O–H groups in total. The summed E-state index contributed by atoms with van der Waals surface area (Å²) in [5.74, 6) is -1.95. The molecule has 0 saturated carbocycles. The van der Waals surface area contributed by atoms with Crippen LogP contribution in [-0.2, 0) is 14.3 Å². The molecule has 0 aliphatic heterocycles. The van der Waals surface area contributed by atoms with Crippen LogP contribution in [0.5, 0.6) is 5.75 Å². The maximum Gasteiger partial charge on any atom is 0.387 e. The van der Waals surface area contributed by atoms with Crippen LogP contribution in [0.15, 0.2) is 48.5 Å². The van der Waals surface area contributed by atoms with Gasteiger partial charge in [0.15, 0.2) is 6.61 Å². The zero-order chi connectivity index (χ0) is 22.3. The summed E-state index contributed by atoms with van der Waals surface area (Å²) in [4.78, 5) is 36.3. The van der Waals surface area contributed by atoms with Gasteiger partial charge < -0.3 is 20.1 Å². The van der Waals surface area contributed by atoms with Crippen LogP contribution in [0, 0.1) is 5.41 Å². The van der Waals surface area contributed by atoms with E-state index in [1.807, 2.05) is 0 Å². The summed E-state index contributed by atoms with van der Waals surface area (Å²) in [7, 11) is 0. The number of anilines is 2. The van der Waals surface area contributed by atoms with Gasteiger partial charge in [-0.2, -0.15) is 8.78 Å². The molecule has 0 atom stereocenters. The number of alkyl halides is 2. The Morgan fingerprint density at radius 2 is 1.70 bits per heavy atom. The van der Waals surface area contributed by atoms with Gasteiger partial charge in [-0.05, 0) is 30.3 Å². The first-order valence-corrected chi connectivity index (χ1v) is 8.98. The number of carbonyl (C=O) groups excluding carboxylic acids is 3. The van der Waals surface area contributed by atoms with Crippen LogP contribution in [0.2, 0.25) is 0 Å². The van der Waals surface area contributed by atoms with Crippen molar-refractivity contribution < 1.29 is 32.6 Å². The van der Waals surface area contributed by atoms with E-state index in [0.29, 0.717) is 5.69 Å². The van der Waals surface area contributed by atoms with E-state index in [9.17, 15) is 23.2 Å². The monoisotopic (exact) mass is 420 g/mol. The molecule has 0 radical (unpaired) electrons. The van der Waals surface area contributed by atoms with Gasteiger partial charge in [0, 0.05) is 11.1 Å². The lowest BCUT2D eigenvalue weighted by Crippen LogP contribution is -2.27. The molecule has 0 aliphatic carbocycles. The molecule has 7 nitrogen and oxygen atoms in total. The first-order valence-electron chi connectivity index (χ1n) is 8.98. The Bertz CT molecular complexity index is 926. The van der Waals surface area contributed by atoms with E-state index in [1.54, 1.807) is 32.9 Å². The maximum absolute atomic E-state index is 12.4. The summed E-state index contributed by atoms with van der Waals surface area (Å²) in [6.07, 6.45) is 0. The van der Waals surface area contributed by atoms with Gasteiger partial charge in [0.25, 0.3) is 5.91 Å². The Morgan fingerprint density at radius 1 is 1.00 bits per heavy atom. The molecule has 0 fully saturated rings. The lowest BCUT2D eigenvalue weighted by atomic mass is 9.95. The first-order chi connectivity index (χ1) is 14.1. The van der Waals surface area contributed by atoms with Gasteiger partial charge in [-0.1, -0.05) is 39.0 Å². The summed E-state index contributed by atoms with van der Waals surface area (Å²) < 4.78 is 34.1. The van der Waals surface area contributed by atoms with Crippen molar-refractivity contribution in [2.75, 3.05) is 17.2 Å². The fourth-order valence-corrected chi connectivity index (χ4v) is 2.21. The molecule has 0 aromatic heterocycles. The molecule has 0 heterocycles. The van der Waals surface area contributed by atoms with Crippen LogP contribution in [0.3, 0.4) is 0 Å². The zero-order valence-electron chi connectivity index (χ0n) is 16.7. The number of benzene rings is 2. The molecule has 2 aromatic carbocycles. The van der Waals surface area contributed by atoms with Gasteiger partial charge in [-0.15, -0.1) is 0 Å². The number of hydrogen-bond donors (Lipinski definition) is 2. The van der Waals surface area contributed by atoms with Crippen molar-refractivity contribution in [2.24, 2.45) is 5.41 Å². The van der Waals surface area contributed by atoms with Crippen molar-refractivity contribution in [3.05, 3.63) is 54.1 Å². The highest BCUT2D eigenvalue weighted by atomic mass is 19.3. The standard InChI is InChI=1S/C21H22F2N2O5/c1-21(2,3)19(28)24-14-8-6-7-13(11-14)18(27)29-12-17(26)25-15-9-4-5-10-16(15)30-20(22)23/h4-11,20H,12H2,1-3H3,(H,24,28)(H,25,26). The average Bonchev–Trinajstić information content (AvgIpc) is 2.66. The van der Waals surface area contributed by atoms with Crippen LogP contribution >= 0.6 is 0 Å². The molecule has 2 rings (SSSR count). The quantitative estimate of drug-likeness (QED) is 0.659. The predicted octanol–water partition coefficient (Wildman–Crippen LogP) is 4.07. The lowest BCUT2D eigenvalue weighted by Gasteiger charge is -2.17. The van der Waals surface area contributed by atoms with E-state index in [4.69, 9.17) is 4.74 Å². The highest BCUT2D eigenvalue weighted by Crippen LogP contribution is 2.25. The van der Waals surface area contributed by atoms with Gasteiger partial charge in [-0.25, -0.2) is 4.79 Å². The number of halogens is 2. The fourth-order valence-electron chi connectivity index (χ4n) is 2.21. The highest BCUT2D eigenvalue weighted by Gasteiger charge is 2.21. The molecular weight excluding hydrogens is 398 g/mol. The first kappa shape index (κ1) is 22.8. The van der Waals surface area contributed by atoms with E-state index in [1.165, 1.54) is 36.4 Å². The number of nitrogens with one attached hydrogen (secondary N) is 2. The van der Waals surface area contributed by atoms with Crippen molar-refractivity contribution in [2.45, 2.75) is 27.4 Å². The van der Waals surface area contributed by atoms with E-state index < -0.39 is 30.5 Å². The average molecular weight is 420 g/mol. The molecule has 2 aromatic rings. The van der Waals surface area contributed by atoms with Crippen molar-refractivity contribution >= 4 is 29.2 Å². The van der Waals surface area contributed by atoms with Crippen LogP contribution < -0.4 is 15.4 Å². The minimum absolute atomic E-state index is 0.0192. The SMILES string of the molecule is CC(C)(C)C(=O)Nc1cccc(C(=O)OCC(=O)Nc2ccccc2OC(F)F)c1. The second-order valence-electron chi connectivity index (χ2n) is 7.28. The number of amides is 2. The van der Waals surface area contributed by atoms with E-state index >= 15 is 0 Å². The number of para-hydroxylation sites is 2. The highest BCUT2D eigenvalue weighted by molar-refractivity contribution is 5.98. The molecule has 2 amide bonds. The normalized spacial score (nSPS) is 11.0. The summed E-state index contributed by atoms with van der Waals surface area (Å²) >= 11 is 0. The zero-order valence-corrected chi connectivity index (χ0v) is 16.7. The van der Waals surface area contributed by atoms with Gasteiger partial charge >= 0.3 is 12.6 Å². The smallest absolute Gasteiger partial charge is 0.387 e. The van der Waals surface area contributed by atoms with Gasteiger partial charge in [0.1, 0.15) is 5.75 Å². The second kappa shape index (κ2) is 9.82. The lowest BCUT2D eigenvalue weighted by molar-refractivity contribution is -0.123. The number of ether oxygens (including phenoxy) is 2. The summed E-state index contributed by atoms with van der Waals surface area (Å²) in [5.41, 5.74) is -0.0487. The number of carbonyl (C=O) groups is 3. The molecule has 0 saturated heterocycles. The third-order valence-electron chi connectivity index (χ3n) is 3.75. The summed E-state index contributed by atoms with van der Waals surface area (Å²) in [6, 6.07) is 11.7. The molecule has 0 bridgehead atoms. The minimum atomic E-state index is -3.05. The number of rotatable bonds is 7. The third-order valence-corrected chi connectivity index (χ3v) is 3.75. The fraction of sp³-hybridized carbons (Fsp3) is 0.286. The van der Waals surface area contributed by atoms with Gasteiger partial charge in [-0.3, -0.25) is 9.59 Å². The van der Waals surface area contributed by atoms with Crippen molar-refractivity contribution in [1.29, 1.82) is 0 Å². The number of esters is 1. The predicted molar refractivity (Wildman–Crippen MR) is 107 cm³/mol. The van der Waals surface area contributed by atoms with Crippen LogP contribution in [-0.4, -0.2) is 31.0 Å². The molecule has 160 valence electrons. The second-order valence-corrected chi connectivity index (χ2v) is 7.28. The Kier molecular flexibility index (Phi) is 7.46. The Hall–Kier alpha value is -3.49. The maximum atomic E-state index is 12.4. The summed E-state index contributed by atoms with van der Waals surface area (Å²) in [6.45, 7) is 1.57. The van der Waals surface area contributed by atoms with E-state index in [2.05, 4.69) is 15.4 Å². The third kappa shape index (κ3) is 6.84. The van der Waals surface area contributed by atoms with Crippen LogP contribution in [0.25, 0.3) is 0 Å². The van der Waals surface area contributed by atoms with Gasteiger partial charge in [0.2, 0.25) is 5.91 Å². The largest absolute Gasteiger partial charge is 0.452 e.